The van der Waals surface area contributed by atoms with Crippen molar-refractivity contribution in [2.75, 3.05) is 0 Å². The maximum absolute atomic E-state index is 4.48. The molecule has 0 unspecified atom stereocenters. The largest absolute Gasteiger partial charge is 0.238 e. The lowest BCUT2D eigenvalue weighted by molar-refractivity contribution is 0.834. The summed E-state index contributed by atoms with van der Waals surface area (Å²) in [7, 11) is -0.345. The Balaban J connectivity index is 2.38. The third kappa shape index (κ3) is 2.09. The van der Waals surface area contributed by atoms with Gasteiger partial charge in [-0.05, 0) is 32.0 Å². The van der Waals surface area contributed by atoms with Crippen LogP contribution in [0, 0.1) is 13.8 Å². The standard InChI is InChI=1S/C13H17N2Si/c1-10-9-11(2)15(14-10)12-5-7-13(8-6-12)16(3)4/h5-9H,1-4H3. The summed E-state index contributed by atoms with van der Waals surface area (Å²) in [6.07, 6.45) is 0. The van der Waals surface area contributed by atoms with Crippen molar-refractivity contribution in [2.45, 2.75) is 26.9 Å². The van der Waals surface area contributed by atoms with Crippen LogP contribution in [0.15, 0.2) is 30.3 Å². The van der Waals surface area contributed by atoms with Gasteiger partial charge in [0.05, 0.1) is 20.2 Å². The number of hydrogen-bond acceptors (Lipinski definition) is 1. The van der Waals surface area contributed by atoms with Crippen molar-refractivity contribution in [3.8, 4) is 5.69 Å². The number of hydrogen-bond donors (Lipinski definition) is 0. The number of rotatable bonds is 2. The predicted molar refractivity (Wildman–Crippen MR) is 70.2 cm³/mol. The minimum atomic E-state index is -0.345. The summed E-state index contributed by atoms with van der Waals surface area (Å²) in [6, 6.07) is 10.9. The first-order valence-electron chi connectivity index (χ1n) is 5.52. The van der Waals surface area contributed by atoms with E-state index in [4.69, 9.17) is 0 Å². The van der Waals surface area contributed by atoms with E-state index in [1.165, 1.54) is 10.9 Å². The van der Waals surface area contributed by atoms with Gasteiger partial charge in [-0.1, -0.05) is 30.4 Å². The zero-order chi connectivity index (χ0) is 11.7. The van der Waals surface area contributed by atoms with E-state index >= 15 is 0 Å². The van der Waals surface area contributed by atoms with E-state index < -0.39 is 0 Å². The maximum atomic E-state index is 4.48. The Labute approximate surface area is 98.5 Å². The van der Waals surface area contributed by atoms with Crippen LogP contribution in [-0.4, -0.2) is 18.6 Å². The fraction of sp³-hybridized carbons (Fsp3) is 0.308. The van der Waals surface area contributed by atoms with Gasteiger partial charge in [0.25, 0.3) is 0 Å². The highest BCUT2D eigenvalue weighted by molar-refractivity contribution is 6.70. The minimum absolute atomic E-state index is 0.345. The summed E-state index contributed by atoms with van der Waals surface area (Å²) in [4.78, 5) is 0. The average Bonchev–Trinajstić information content (AvgIpc) is 2.58. The summed E-state index contributed by atoms with van der Waals surface area (Å²) in [5.74, 6) is 0. The second-order valence-corrected chi connectivity index (χ2v) is 6.96. The van der Waals surface area contributed by atoms with Gasteiger partial charge in [0.1, 0.15) is 0 Å². The van der Waals surface area contributed by atoms with Crippen molar-refractivity contribution in [1.82, 2.24) is 9.78 Å². The van der Waals surface area contributed by atoms with Crippen molar-refractivity contribution in [2.24, 2.45) is 0 Å². The molecule has 0 fully saturated rings. The predicted octanol–water partition coefficient (Wildman–Crippen LogP) is 2.45. The molecular formula is C13H17N2Si. The Kier molecular flexibility index (Phi) is 2.96. The summed E-state index contributed by atoms with van der Waals surface area (Å²) >= 11 is 0. The van der Waals surface area contributed by atoms with Gasteiger partial charge in [-0.15, -0.1) is 0 Å². The molecule has 0 amide bonds. The molecule has 0 aliphatic heterocycles. The molecule has 83 valence electrons. The molecule has 0 atom stereocenters. The molecule has 2 aromatic rings. The van der Waals surface area contributed by atoms with E-state index in [1.54, 1.807) is 0 Å². The summed E-state index contributed by atoms with van der Waals surface area (Å²) in [5, 5.41) is 5.95. The van der Waals surface area contributed by atoms with Gasteiger partial charge in [-0.3, -0.25) is 0 Å². The molecule has 0 aliphatic carbocycles. The van der Waals surface area contributed by atoms with Crippen LogP contribution < -0.4 is 5.19 Å². The van der Waals surface area contributed by atoms with Crippen molar-refractivity contribution in [3.05, 3.63) is 41.7 Å². The van der Waals surface area contributed by atoms with Gasteiger partial charge in [-0.25, -0.2) is 4.68 Å². The van der Waals surface area contributed by atoms with E-state index in [9.17, 15) is 0 Å². The van der Waals surface area contributed by atoms with Crippen LogP contribution in [0.5, 0.6) is 0 Å². The van der Waals surface area contributed by atoms with E-state index in [2.05, 4.69) is 55.4 Å². The first kappa shape index (κ1) is 11.1. The molecule has 0 N–H and O–H groups in total. The van der Waals surface area contributed by atoms with E-state index in [0.717, 1.165) is 11.4 Å². The van der Waals surface area contributed by atoms with Crippen LogP contribution >= 0.6 is 0 Å². The lowest BCUT2D eigenvalue weighted by atomic mass is 10.3. The molecule has 1 aromatic heterocycles. The van der Waals surface area contributed by atoms with Gasteiger partial charge in [0.2, 0.25) is 0 Å². The van der Waals surface area contributed by atoms with Crippen LogP contribution in [-0.2, 0) is 0 Å². The smallest absolute Gasteiger partial charge is 0.0791 e. The van der Waals surface area contributed by atoms with E-state index in [1.807, 2.05) is 11.6 Å². The molecule has 16 heavy (non-hydrogen) atoms. The number of aromatic nitrogens is 2. The first-order valence-corrected chi connectivity index (χ1v) is 8.02. The molecule has 3 heteroatoms. The highest BCUT2D eigenvalue weighted by Crippen LogP contribution is 2.10. The fourth-order valence-electron chi connectivity index (χ4n) is 1.83. The SMILES string of the molecule is Cc1cc(C)n(-c2ccc([Si](C)C)cc2)n1. The van der Waals surface area contributed by atoms with Gasteiger partial charge in [0.15, 0.2) is 0 Å². The summed E-state index contributed by atoms with van der Waals surface area (Å²) in [5.41, 5.74) is 3.40. The molecule has 1 radical (unpaired) electrons. The number of aryl methyl sites for hydroxylation is 2. The normalized spacial score (nSPS) is 11.1. The highest BCUT2D eigenvalue weighted by atomic mass is 28.3. The molecule has 1 aromatic carbocycles. The van der Waals surface area contributed by atoms with Crippen LogP contribution in [0.2, 0.25) is 13.1 Å². The average molecular weight is 229 g/mol. The zero-order valence-electron chi connectivity index (χ0n) is 10.3. The third-order valence-corrected chi connectivity index (χ3v) is 4.19. The Morgan fingerprint density at radius 1 is 1.06 bits per heavy atom. The van der Waals surface area contributed by atoms with Crippen LogP contribution in [0.4, 0.5) is 0 Å². The van der Waals surface area contributed by atoms with Crippen molar-refractivity contribution < 1.29 is 0 Å². The molecule has 1 heterocycles. The minimum Gasteiger partial charge on any atom is -0.238 e. The molecule has 2 nitrogen and oxygen atoms in total. The van der Waals surface area contributed by atoms with E-state index in [-0.39, 0.29) is 8.80 Å². The van der Waals surface area contributed by atoms with Crippen molar-refractivity contribution in [1.29, 1.82) is 0 Å². The summed E-state index contributed by atoms with van der Waals surface area (Å²) < 4.78 is 2.00. The molecule has 0 bridgehead atoms. The highest BCUT2D eigenvalue weighted by Gasteiger charge is 2.05. The van der Waals surface area contributed by atoms with E-state index in [0.29, 0.717) is 0 Å². The molecule has 2 rings (SSSR count). The number of benzene rings is 1. The Morgan fingerprint density at radius 2 is 1.69 bits per heavy atom. The molecular weight excluding hydrogens is 212 g/mol. The molecule has 0 saturated heterocycles. The second kappa shape index (κ2) is 4.26. The first-order chi connectivity index (χ1) is 7.58. The van der Waals surface area contributed by atoms with Crippen LogP contribution in [0.3, 0.4) is 0 Å². The Bertz CT molecular complexity index is 483. The monoisotopic (exact) mass is 229 g/mol. The van der Waals surface area contributed by atoms with Crippen molar-refractivity contribution >= 4 is 14.0 Å². The quantitative estimate of drug-likeness (QED) is 0.723. The second-order valence-electron chi connectivity index (χ2n) is 4.39. The maximum Gasteiger partial charge on any atom is 0.0791 e. The Hall–Kier alpha value is -1.35. The number of nitrogens with zero attached hydrogens (tertiary/aromatic N) is 2. The molecule has 0 saturated carbocycles. The van der Waals surface area contributed by atoms with Crippen molar-refractivity contribution in [3.63, 3.8) is 0 Å². The van der Waals surface area contributed by atoms with Gasteiger partial charge < -0.3 is 0 Å². The van der Waals surface area contributed by atoms with Gasteiger partial charge in [-0.2, -0.15) is 5.10 Å². The van der Waals surface area contributed by atoms with Gasteiger partial charge in [0, 0.05) is 5.69 Å². The third-order valence-electron chi connectivity index (χ3n) is 2.70. The lowest BCUT2D eigenvalue weighted by Crippen LogP contribution is -2.22. The molecule has 0 aliphatic rings. The van der Waals surface area contributed by atoms with Crippen LogP contribution in [0.1, 0.15) is 11.4 Å². The van der Waals surface area contributed by atoms with Gasteiger partial charge >= 0.3 is 0 Å². The Morgan fingerprint density at radius 3 is 2.12 bits per heavy atom. The van der Waals surface area contributed by atoms with Crippen LogP contribution in [0.25, 0.3) is 5.69 Å². The molecule has 0 spiro atoms. The topological polar surface area (TPSA) is 17.8 Å². The lowest BCUT2D eigenvalue weighted by Gasteiger charge is -2.07. The zero-order valence-corrected chi connectivity index (χ0v) is 11.3. The summed E-state index contributed by atoms with van der Waals surface area (Å²) in [6.45, 7) is 8.73. The fourth-order valence-corrected chi connectivity index (χ4v) is 2.66.